The van der Waals surface area contributed by atoms with Crippen molar-refractivity contribution in [3.63, 3.8) is 0 Å². The maximum Gasteiger partial charge on any atom is 0.337 e. The Labute approximate surface area is 925 Å². The minimum absolute atomic E-state index is 0. The van der Waals surface area contributed by atoms with Gasteiger partial charge < -0.3 is 106 Å². The first-order chi connectivity index (χ1) is 67.8. The largest absolute Gasteiger partial charge is 0.494 e. The zero-order valence-electron chi connectivity index (χ0n) is 84.6. The molecule has 3 aliphatic heterocycles. The van der Waals surface area contributed by atoms with Gasteiger partial charge in [-0.15, -0.1) is 0 Å². The first-order valence-electron chi connectivity index (χ1n) is 47.1. The number of methoxy groups -OCH3 is 1. The molecule has 0 aliphatic carbocycles. The van der Waals surface area contributed by atoms with Crippen molar-refractivity contribution in [1.82, 2.24) is 0 Å². The van der Waals surface area contributed by atoms with Gasteiger partial charge in [0.15, 0.2) is 51.3 Å². The zero-order chi connectivity index (χ0) is 107. The summed E-state index contributed by atoms with van der Waals surface area (Å²) in [5.74, 6) is 0.893. The van der Waals surface area contributed by atoms with E-state index in [1.807, 2.05) is 138 Å². The van der Waals surface area contributed by atoms with Gasteiger partial charge in [-0.2, -0.15) is 0 Å². The zero-order valence-corrected chi connectivity index (χ0v) is 96.1. The van der Waals surface area contributed by atoms with Crippen molar-refractivity contribution in [1.29, 1.82) is 0 Å². The van der Waals surface area contributed by atoms with Gasteiger partial charge in [-0.05, 0) is 317 Å². The quantitative estimate of drug-likeness (QED) is 0.0105. The lowest BCUT2D eigenvalue weighted by Gasteiger charge is -2.47. The van der Waals surface area contributed by atoms with E-state index in [0.717, 1.165) is 78.0 Å². The summed E-state index contributed by atoms with van der Waals surface area (Å²) in [5.41, 5.74) is 7.63. The summed E-state index contributed by atoms with van der Waals surface area (Å²) in [4.78, 5) is 35.7. The van der Waals surface area contributed by atoms with Crippen molar-refractivity contribution < 1.29 is 122 Å². The van der Waals surface area contributed by atoms with Gasteiger partial charge in [0, 0.05) is 52.3 Å². The first-order valence-corrected chi connectivity index (χ1v) is 64.5. The molecule has 13 rings (SSSR count). The van der Waals surface area contributed by atoms with Crippen LogP contribution in [0.2, 0.25) is 104 Å². The Morgan fingerprint density at radius 2 is 0.789 bits per heavy atom. The van der Waals surface area contributed by atoms with E-state index in [4.69, 9.17) is 125 Å². The molecule has 25 nitrogen and oxygen atoms in total. The van der Waals surface area contributed by atoms with Crippen LogP contribution in [0.5, 0.6) is 28.7 Å². The van der Waals surface area contributed by atoms with Crippen LogP contribution in [-0.2, 0) is 66.5 Å². The summed E-state index contributed by atoms with van der Waals surface area (Å²) in [6, 6.07) is 65.7. The number of hydrogen-bond acceptors (Lipinski definition) is 24. The van der Waals surface area contributed by atoms with Crippen molar-refractivity contribution in [2.45, 2.75) is 247 Å². The summed E-state index contributed by atoms with van der Waals surface area (Å²) in [6.45, 7) is 37.5. The van der Waals surface area contributed by atoms with Crippen LogP contribution in [0.3, 0.4) is 0 Å². The highest BCUT2D eigenvalue weighted by Gasteiger charge is 2.56. The third-order valence-electron chi connectivity index (χ3n) is 21.1. The fourth-order valence-corrected chi connectivity index (χ4v) is 20.5. The predicted molar refractivity (Wildman–Crippen MR) is 609 cm³/mol. The lowest BCUT2D eigenvalue weighted by Crippen LogP contribution is -2.64. The molecule has 3 aliphatic rings. The average Bonchev–Trinajstić information content (AvgIpc) is 0.748. The SMILES string of the molecule is C.C.C.C.CCOc1ccc(C(=O)c2cc(Br)ccc2Cl)cc1.CCOc1ccc(Cc2cc(Br)ccc2Cl)cc1.CCOc1ccc(Cc2cc(C3(OC)O[C@H](CO)[C@@H](O)[C@H](O)[C@H]3O)ccc2Cl)cc1.CCOc1ccccc1.C[Si](C)(C)OC[C@H]1OC(=O)[C@H](O[Si](C)(C)C)[C@@H](O[Si](C)(C)C)[C@@H]1O[Si](C)(C)C.O=C(O)c1cc(Br)ccc1Cl.[2H][C@@]1(c2ccc(Cl)c(Cc3ccc(OCC)cc3)c2)O[C@H](CO)[C@@H](O)[C@H](O)[C@H]1O. The number of para-hydroxylation sites is 1. The molecule has 1 unspecified atom stereocenters. The van der Waals surface area contributed by atoms with Crippen LogP contribution in [0.1, 0.15) is 143 Å². The standard InChI is InChI=1S/C22H27ClO7.C21H25ClO6.C18H42O6Si4.C15H12BrClO2.C15H14BrClO.C8H10O.C7H4BrClO2.4CH4/c1-3-29-16-7-4-13(5-8-16)10-14-11-15(6-9-17(14)23)22(28-2)21(27)20(26)19(25)18(12-24)30-22;1-2-27-15-6-3-12(4-7-15)9-14-10-13(5-8-16(14)22)21-20(26)19(25)18(24)17(11-23)28-21;1-25(2,3)20-13-14-15(22-26(4,5)6)16(23-27(7,8)9)17(18(19)21-14)24-28(10,11)12;1-2-19-12-6-3-10(4-7-12)15(18)13-9-11(16)5-8-14(13)17;1-2-18-14-6-3-11(4-7-14)9-12-10-13(16)5-8-15(12)17;1-2-9-8-6-4-3-5-7-8;8-4-1-2-6(9)5(3-4)7(10)11;;;;/h4-9,11,18-21,24-27H,3,10,12H2,1-2H3;3-8,10,17-21,23-26H,2,9,11H2,1H3;14-17H,13H2,1-12H3;3-9H,2H2,1H3;3-8,10H,2,9H2,1H3;3-7H,2H2,1H3;1-3H,(H,10,11);4*1H4/t18-,19-,20+,21-,22?;17-,18-,19+,20-,21+;14-,15-,16+,17-;;;;;;;;/m111......../s1/i;21D;;;;;;;;;. The van der Waals surface area contributed by atoms with Gasteiger partial charge in [0.25, 0.3) is 0 Å². The van der Waals surface area contributed by atoms with E-state index in [0.29, 0.717) is 87.7 Å². The molecule has 812 valence electrons. The van der Waals surface area contributed by atoms with Crippen LogP contribution >= 0.6 is 106 Å². The molecular weight excluding hydrogens is 2250 g/mol. The number of hydrogen-bond donors (Lipinski definition) is 9. The number of cyclic esters (lactones) is 1. The molecule has 3 fully saturated rings. The monoisotopic (exact) mass is 2400 g/mol. The molecule has 3 heterocycles. The number of aliphatic hydroxyl groups is 8. The number of carboxylic acids is 1. The maximum atomic E-state index is 12.9. The highest BCUT2D eigenvalue weighted by Crippen LogP contribution is 2.43. The first kappa shape index (κ1) is 132. The summed E-state index contributed by atoms with van der Waals surface area (Å²) in [6.07, 6.45) is -14.1. The van der Waals surface area contributed by atoms with Crippen molar-refractivity contribution in [3.05, 3.63) is 318 Å². The molecule has 3 saturated heterocycles. The Balaban J connectivity index is 0.000000454. The smallest absolute Gasteiger partial charge is 0.337 e. The van der Waals surface area contributed by atoms with Gasteiger partial charge in [-0.25, -0.2) is 9.59 Å². The third-order valence-corrected chi connectivity index (χ3v) is 28.3. The molecule has 0 bridgehead atoms. The Kier molecular flexibility index (Phi) is 57.8. The third kappa shape index (κ3) is 43.1. The minimum atomic E-state index is -2.07. The number of ether oxygens (including phenoxy) is 9. The van der Waals surface area contributed by atoms with E-state index >= 15 is 0 Å². The lowest BCUT2D eigenvalue weighted by atomic mass is 9.87. The van der Waals surface area contributed by atoms with E-state index in [9.17, 15) is 55.2 Å². The van der Waals surface area contributed by atoms with Gasteiger partial charge in [-0.1, -0.05) is 208 Å². The van der Waals surface area contributed by atoms with Crippen LogP contribution in [0.4, 0.5) is 0 Å². The Morgan fingerprint density at radius 3 is 1.20 bits per heavy atom. The Hall–Kier alpha value is -7.03. The molecule has 0 amide bonds. The van der Waals surface area contributed by atoms with Crippen molar-refractivity contribution in [2.24, 2.45) is 0 Å². The van der Waals surface area contributed by atoms with Crippen LogP contribution in [-0.4, -0.2) is 230 Å². The van der Waals surface area contributed by atoms with Crippen molar-refractivity contribution in [2.75, 3.05) is 60.0 Å². The second kappa shape index (κ2) is 64.2. The van der Waals surface area contributed by atoms with Gasteiger partial charge in [0.2, 0.25) is 5.79 Å². The summed E-state index contributed by atoms with van der Waals surface area (Å²) >= 11 is 40.5. The summed E-state index contributed by atoms with van der Waals surface area (Å²) < 4.78 is 86.1. The number of aromatic carboxylic acids is 1. The van der Waals surface area contributed by atoms with Crippen LogP contribution in [0, 0.1) is 0 Å². The van der Waals surface area contributed by atoms with Crippen LogP contribution < -0.4 is 23.7 Å². The molecule has 0 aromatic heterocycles. The molecule has 10 aromatic carbocycles. The molecular formula is C110H150Br3Cl5O25Si4. The molecule has 0 spiro atoms. The fraction of sp³-hybridized carbons (Fsp3) is 0.427. The van der Waals surface area contributed by atoms with Crippen LogP contribution in [0.15, 0.2) is 232 Å². The number of halogens is 8. The maximum absolute atomic E-state index is 12.9. The minimum Gasteiger partial charge on any atom is -0.494 e. The summed E-state index contributed by atoms with van der Waals surface area (Å²) in [5, 5.41) is 91.5. The number of rotatable bonds is 33. The number of carbonyl (C=O) groups is 3. The second-order valence-corrected chi connectivity index (χ2v) is 59.6. The Morgan fingerprint density at radius 1 is 0.415 bits per heavy atom. The molecule has 9 N–H and O–H groups in total. The van der Waals surface area contributed by atoms with E-state index in [1.165, 1.54) is 30.9 Å². The number of benzene rings is 10. The molecule has 14 atom stereocenters. The predicted octanol–water partition coefficient (Wildman–Crippen LogP) is 25.1. The number of carbonyl (C=O) groups excluding carboxylic acids is 2. The fourth-order valence-electron chi connectivity index (χ4n) is 14.5. The van der Waals surface area contributed by atoms with Gasteiger partial charge in [0.05, 0.1) is 69.8 Å². The second-order valence-electron chi connectivity index (χ2n) is 36.9. The average molecular weight is 2400 g/mol. The Bertz CT molecular complexity index is 5660. The van der Waals surface area contributed by atoms with Crippen molar-refractivity contribution in [3.8, 4) is 28.7 Å². The summed E-state index contributed by atoms with van der Waals surface area (Å²) in [7, 11) is -6.34. The normalized spacial score (nSPS) is 20.9. The van der Waals surface area contributed by atoms with Gasteiger partial charge >= 0.3 is 11.9 Å². The van der Waals surface area contributed by atoms with E-state index in [-0.39, 0.29) is 63.7 Å². The van der Waals surface area contributed by atoms with Gasteiger partial charge in [-0.3, -0.25) is 4.79 Å². The number of aliphatic hydroxyl groups excluding tert-OH is 8. The van der Waals surface area contributed by atoms with Crippen LogP contribution in [0.25, 0.3) is 0 Å². The van der Waals surface area contributed by atoms with Crippen molar-refractivity contribution >= 4 is 157 Å². The highest BCUT2D eigenvalue weighted by molar-refractivity contribution is 9.11. The van der Waals surface area contributed by atoms with Gasteiger partial charge in [0.1, 0.15) is 95.9 Å². The molecule has 0 radical (unpaired) electrons. The molecule has 10 aromatic rings. The number of ketones is 1. The molecule has 0 saturated carbocycles. The highest BCUT2D eigenvalue weighted by atomic mass is 79.9. The van der Waals surface area contributed by atoms with E-state index < -0.39 is 131 Å². The number of esters is 1. The molecule has 37 heteroatoms. The lowest BCUT2D eigenvalue weighted by molar-refractivity contribution is -0.366. The number of carboxylic acid groups (broad SMARTS) is 1. The topological polar surface area (TPSA) is 353 Å². The molecule has 147 heavy (non-hydrogen) atoms. The van der Waals surface area contributed by atoms with E-state index in [1.54, 1.807) is 78.9 Å². The van der Waals surface area contributed by atoms with E-state index in [2.05, 4.69) is 145 Å².